The van der Waals surface area contributed by atoms with E-state index < -0.39 is 17.8 Å². The number of nitrogens with one attached hydrogen (secondary N) is 2. The summed E-state index contributed by atoms with van der Waals surface area (Å²) >= 11 is 0. The third-order valence-electron chi connectivity index (χ3n) is 3.84. The average Bonchev–Trinajstić information content (AvgIpc) is 2.64. The van der Waals surface area contributed by atoms with E-state index in [2.05, 4.69) is 15.6 Å². The number of aliphatic imine (C=N–C) groups is 1. The van der Waals surface area contributed by atoms with E-state index in [1.807, 2.05) is 37.3 Å². The van der Waals surface area contributed by atoms with Gasteiger partial charge >= 0.3 is 6.18 Å². The topological polar surface area (TPSA) is 56.7 Å². The van der Waals surface area contributed by atoms with E-state index in [0.717, 1.165) is 17.7 Å². The highest BCUT2D eigenvalue weighted by molar-refractivity contribution is 14.0. The molecule has 1 atom stereocenters. The maximum Gasteiger partial charge on any atom is 0.416 e. The van der Waals surface area contributed by atoms with Crippen molar-refractivity contribution < 1.29 is 18.3 Å². The second kappa shape index (κ2) is 11.9. The van der Waals surface area contributed by atoms with Gasteiger partial charge in [-0.25, -0.2) is 4.99 Å². The molecule has 3 N–H and O–H groups in total. The van der Waals surface area contributed by atoms with Gasteiger partial charge in [-0.3, -0.25) is 0 Å². The Morgan fingerprint density at radius 1 is 1.04 bits per heavy atom. The second-order valence-corrected chi connectivity index (χ2v) is 6.12. The Hall–Kier alpha value is -1.81. The van der Waals surface area contributed by atoms with Gasteiger partial charge in [0.1, 0.15) is 0 Å². The van der Waals surface area contributed by atoms with E-state index in [-0.39, 0.29) is 37.1 Å². The predicted molar refractivity (Wildman–Crippen MR) is 116 cm³/mol. The lowest BCUT2D eigenvalue weighted by Crippen LogP contribution is -2.41. The van der Waals surface area contributed by atoms with E-state index in [9.17, 15) is 18.3 Å². The van der Waals surface area contributed by atoms with Gasteiger partial charge < -0.3 is 15.7 Å². The molecule has 0 fully saturated rings. The number of aliphatic hydroxyl groups excluding tert-OH is 1. The number of nitrogens with zero attached hydrogens (tertiary/aromatic N) is 1. The van der Waals surface area contributed by atoms with Gasteiger partial charge in [0.15, 0.2) is 5.96 Å². The lowest BCUT2D eigenvalue weighted by atomic mass is 10.1. The first-order valence-corrected chi connectivity index (χ1v) is 8.78. The molecule has 2 aromatic rings. The van der Waals surface area contributed by atoms with Crippen molar-refractivity contribution >= 4 is 29.9 Å². The summed E-state index contributed by atoms with van der Waals surface area (Å²) in [6.45, 7) is 2.88. The minimum atomic E-state index is -4.37. The minimum Gasteiger partial charge on any atom is -0.391 e. The van der Waals surface area contributed by atoms with Crippen LogP contribution in [0, 0.1) is 0 Å². The van der Waals surface area contributed by atoms with Gasteiger partial charge in [-0.2, -0.15) is 13.2 Å². The van der Waals surface area contributed by atoms with Crippen LogP contribution in [-0.2, 0) is 19.1 Å². The summed E-state index contributed by atoms with van der Waals surface area (Å²) in [6.07, 6.45) is -4.48. The SMILES string of the molecule is CCNC(=NCc1cccc(C(F)(F)F)c1)NCC(O)Cc1ccccc1.I. The smallest absolute Gasteiger partial charge is 0.391 e. The number of rotatable bonds is 7. The molecule has 0 aliphatic carbocycles. The molecule has 0 saturated carbocycles. The van der Waals surface area contributed by atoms with Crippen molar-refractivity contribution in [3.8, 4) is 0 Å². The van der Waals surface area contributed by atoms with Crippen LogP contribution in [0.5, 0.6) is 0 Å². The fraction of sp³-hybridized carbons (Fsp3) is 0.350. The number of halogens is 4. The van der Waals surface area contributed by atoms with Gasteiger partial charge in [-0.15, -0.1) is 24.0 Å². The van der Waals surface area contributed by atoms with Crippen molar-refractivity contribution in [3.63, 3.8) is 0 Å². The van der Waals surface area contributed by atoms with E-state index in [0.29, 0.717) is 24.5 Å². The Labute approximate surface area is 180 Å². The molecule has 1 unspecified atom stereocenters. The van der Waals surface area contributed by atoms with Crippen molar-refractivity contribution in [3.05, 3.63) is 71.3 Å². The largest absolute Gasteiger partial charge is 0.416 e. The van der Waals surface area contributed by atoms with Gasteiger partial charge in [0.05, 0.1) is 18.2 Å². The van der Waals surface area contributed by atoms with Crippen LogP contribution in [0.1, 0.15) is 23.6 Å². The summed E-state index contributed by atoms with van der Waals surface area (Å²) in [5.74, 6) is 0.446. The molecular formula is C20H25F3IN3O. The Kier molecular flexibility index (Phi) is 10.3. The molecular weight excluding hydrogens is 482 g/mol. The number of hydrogen-bond acceptors (Lipinski definition) is 2. The average molecular weight is 507 g/mol. The van der Waals surface area contributed by atoms with Crippen molar-refractivity contribution in [2.75, 3.05) is 13.1 Å². The Bertz CT molecular complexity index is 739. The zero-order valence-electron chi connectivity index (χ0n) is 15.5. The van der Waals surface area contributed by atoms with Crippen molar-refractivity contribution in [2.24, 2.45) is 4.99 Å². The van der Waals surface area contributed by atoms with Crippen LogP contribution in [0.2, 0.25) is 0 Å². The Morgan fingerprint density at radius 2 is 1.71 bits per heavy atom. The molecule has 154 valence electrons. The maximum absolute atomic E-state index is 12.8. The highest BCUT2D eigenvalue weighted by Gasteiger charge is 2.30. The second-order valence-electron chi connectivity index (χ2n) is 6.12. The van der Waals surface area contributed by atoms with E-state index in [1.165, 1.54) is 6.07 Å². The van der Waals surface area contributed by atoms with Crippen LogP contribution in [0.4, 0.5) is 13.2 Å². The fourth-order valence-corrected chi connectivity index (χ4v) is 2.53. The van der Waals surface area contributed by atoms with E-state index in [4.69, 9.17) is 0 Å². The Morgan fingerprint density at radius 3 is 2.36 bits per heavy atom. The van der Waals surface area contributed by atoms with Gasteiger partial charge in [0.2, 0.25) is 0 Å². The molecule has 0 heterocycles. The van der Waals surface area contributed by atoms with Crippen LogP contribution in [-0.4, -0.2) is 30.3 Å². The summed E-state index contributed by atoms with van der Waals surface area (Å²) in [6, 6.07) is 14.7. The molecule has 2 aromatic carbocycles. The molecule has 0 bridgehead atoms. The third-order valence-corrected chi connectivity index (χ3v) is 3.84. The first-order chi connectivity index (χ1) is 12.9. The molecule has 0 spiro atoms. The standard InChI is InChI=1S/C20H24F3N3O.HI/c1-2-24-19(26-14-18(27)12-15-7-4-3-5-8-15)25-13-16-9-6-10-17(11-16)20(21,22)23;/h3-11,18,27H,2,12-14H2,1H3,(H2,24,25,26);1H. The van der Waals surface area contributed by atoms with Crippen LogP contribution in [0.25, 0.3) is 0 Å². The number of benzene rings is 2. The molecule has 0 amide bonds. The molecule has 8 heteroatoms. The zero-order valence-corrected chi connectivity index (χ0v) is 17.9. The summed E-state index contributed by atoms with van der Waals surface area (Å²) in [7, 11) is 0. The lowest BCUT2D eigenvalue weighted by Gasteiger charge is -2.15. The molecule has 4 nitrogen and oxygen atoms in total. The number of aliphatic hydroxyl groups is 1. The Balaban J connectivity index is 0.00000392. The van der Waals surface area contributed by atoms with E-state index in [1.54, 1.807) is 6.07 Å². The third kappa shape index (κ3) is 8.47. The number of hydrogen-bond donors (Lipinski definition) is 3. The minimum absolute atomic E-state index is 0. The molecule has 0 aromatic heterocycles. The molecule has 0 saturated heterocycles. The lowest BCUT2D eigenvalue weighted by molar-refractivity contribution is -0.137. The van der Waals surface area contributed by atoms with Gasteiger partial charge in [-0.1, -0.05) is 42.5 Å². The highest BCUT2D eigenvalue weighted by Crippen LogP contribution is 2.29. The summed E-state index contributed by atoms with van der Waals surface area (Å²) < 4.78 is 38.4. The quantitative estimate of drug-likeness (QED) is 0.302. The van der Waals surface area contributed by atoms with Crippen LogP contribution in [0.3, 0.4) is 0 Å². The van der Waals surface area contributed by atoms with Gasteiger partial charge in [-0.05, 0) is 30.2 Å². The molecule has 0 radical (unpaired) electrons. The molecule has 2 rings (SSSR count). The van der Waals surface area contributed by atoms with Crippen LogP contribution < -0.4 is 10.6 Å². The number of alkyl halides is 3. The van der Waals surface area contributed by atoms with Crippen molar-refractivity contribution in [1.82, 2.24) is 10.6 Å². The molecule has 0 aliphatic rings. The molecule has 28 heavy (non-hydrogen) atoms. The maximum atomic E-state index is 12.8. The zero-order chi connectivity index (χ0) is 19.7. The highest BCUT2D eigenvalue weighted by atomic mass is 127. The summed E-state index contributed by atoms with van der Waals surface area (Å²) in [5, 5.41) is 16.2. The normalized spacial score (nSPS) is 12.8. The summed E-state index contributed by atoms with van der Waals surface area (Å²) in [4.78, 5) is 4.30. The number of guanidine groups is 1. The van der Waals surface area contributed by atoms with E-state index >= 15 is 0 Å². The predicted octanol–water partition coefficient (Wildman–Crippen LogP) is 3.98. The first kappa shape index (κ1) is 24.2. The van der Waals surface area contributed by atoms with Gasteiger partial charge in [0, 0.05) is 19.5 Å². The monoisotopic (exact) mass is 507 g/mol. The van der Waals surface area contributed by atoms with Gasteiger partial charge in [0.25, 0.3) is 0 Å². The first-order valence-electron chi connectivity index (χ1n) is 8.78. The van der Waals surface area contributed by atoms with Crippen molar-refractivity contribution in [2.45, 2.75) is 32.2 Å². The van der Waals surface area contributed by atoms with Crippen LogP contribution >= 0.6 is 24.0 Å². The van der Waals surface area contributed by atoms with Crippen LogP contribution in [0.15, 0.2) is 59.6 Å². The van der Waals surface area contributed by atoms with Crippen molar-refractivity contribution in [1.29, 1.82) is 0 Å². The molecule has 0 aliphatic heterocycles. The summed E-state index contributed by atoms with van der Waals surface area (Å²) in [5.41, 5.74) is 0.802. The fourth-order valence-electron chi connectivity index (χ4n) is 2.53.